The maximum absolute atomic E-state index is 13.0. The Kier molecular flexibility index (Phi) is 6.14. The van der Waals surface area contributed by atoms with Gasteiger partial charge in [-0.15, -0.1) is 21.5 Å². The van der Waals surface area contributed by atoms with Crippen LogP contribution in [0.2, 0.25) is 0 Å². The van der Waals surface area contributed by atoms with Crippen molar-refractivity contribution in [1.29, 1.82) is 0 Å². The SMILES string of the molecule is C[C@@H](Sc1nnc(Cc2cccs2)n1C1CC1)C(=O)NNC(=O)c1ccc(F)cc1. The second-order valence-corrected chi connectivity index (χ2v) is 9.31. The van der Waals surface area contributed by atoms with Crippen molar-refractivity contribution in [3.63, 3.8) is 0 Å². The lowest BCUT2D eigenvalue weighted by molar-refractivity contribution is -0.121. The van der Waals surface area contributed by atoms with Crippen LogP contribution >= 0.6 is 23.1 Å². The molecule has 3 aromatic rings. The quantitative estimate of drug-likeness (QED) is 0.430. The van der Waals surface area contributed by atoms with Crippen molar-refractivity contribution < 1.29 is 14.0 Å². The van der Waals surface area contributed by atoms with Crippen LogP contribution in [0.15, 0.2) is 46.9 Å². The molecule has 156 valence electrons. The fourth-order valence-corrected chi connectivity index (χ4v) is 4.52. The van der Waals surface area contributed by atoms with Crippen LogP contribution in [0.4, 0.5) is 4.39 Å². The number of amides is 2. The van der Waals surface area contributed by atoms with Crippen molar-refractivity contribution in [1.82, 2.24) is 25.6 Å². The average Bonchev–Trinajstić information content (AvgIpc) is 3.30. The number of hydrogen-bond acceptors (Lipinski definition) is 6. The second-order valence-electron chi connectivity index (χ2n) is 6.97. The molecule has 10 heteroatoms. The molecule has 2 amide bonds. The lowest BCUT2D eigenvalue weighted by Crippen LogP contribution is -2.45. The molecule has 2 heterocycles. The van der Waals surface area contributed by atoms with Crippen molar-refractivity contribution in [2.24, 2.45) is 0 Å². The van der Waals surface area contributed by atoms with Gasteiger partial charge in [-0.3, -0.25) is 20.4 Å². The van der Waals surface area contributed by atoms with Crippen LogP contribution in [0.1, 0.15) is 46.9 Å². The molecule has 1 aliphatic carbocycles. The van der Waals surface area contributed by atoms with E-state index in [1.807, 2.05) is 11.4 Å². The van der Waals surface area contributed by atoms with Gasteiger partial charge in [-0.25, -0.2) is 4.39 Å². The summed E-state index contributed by atoms with van der Waals surface area (Å²) in [5, 5.41) is 10.9. The molecule has 0 bridgehead atoms. The number of carbonyl (C=O) groups excluding carboxylic acids is 2. The smallest absolute Gasteiger partial charge is 0.269 e. The van der Waals surface area contributed by atoms with Crippen molar-refractivity contribution in [3.05, 3.63) is 63.9 Å². The molecular formula is C20H20FN5O2S2. The molecule has 1 fully saturated rings. The standard InChI is InChI=1S/C20H20FN5O2S2/c1-12(18(27)23-24-19(28)13-4-6-14(21)7-5-13)30-20-25-22-17(26(20)15-8-9-15)11-16-3-2-10-29-16/h2-7,10,12,15H,8-9,11H2,1H3,(H,23,27)(H,24,28)/t12-/m1/s1. The molecular weight excluding hydrogens is 425 g/mol. The molecule has 0 aliphatic heterocycles. The van der Waals surface area contributed by atoms with Gasteiger partial charge in [-0.05, 0) is 55.5 Å². The molecule has 1 saturated carbocycles. The van der Waals surface area contributed by atoms with E-state index in [9.17, 15) is 14.0 Å². The summed E-state index contributed by atoms with van der Waals surface area (Å²) in [5.74, 6) is -0.404. The molecule has 7 nitrogen and oxygen atoms in total. The monoisotopic (exact) mass is 445 g/mol. The molecule has 0 radical (unpaired) electrons. The van der Waals surface area contributed by atoms with Gasteiger partial charge in [-0.1, -0.05) is 17.8 Å². The number of nitrogens with one attached hydrogen (secondary N) is 2. The lowest BCUT2D eigenvalue weighted by atomic mass is 10.2. The number of rotatable bonds is 7. The number of nitrogens with zero attached hydrogens (tertiary/aromatic N) is 3. The largest absolute Gasteiger partial charge is 0.303 e. The maximum atomic E-state index is 13.0. The Balaban J connectivity index is 1.36. The summed E-state index contributed by atoms with van der Waals surface area (Å²) < 4.78 is 15.1. The molecule has 4 rings (SSSR count). The Morgan fingerprint density at radius 3 is 2.67 bits per heavy atom. The first-order valence-corrected chi connectivity index (χ1v) is 11.3. The minimum Gasteiger partial charge on any atom is -0.303 e. The second kappa shape index (κ2) is 8.97. The highest BCUT2D eigenvalue weighted by atomic mass is 32.2. The Labute approximate surface area is 181 Å². The lowest BCUT2D eigenvalue weighted by Gasteiger charge is -2.14. The van der Waals surface area contributed by atoms with Crippen LogP contribution in [0, 0.1) is 5.82 Å². The first kappa shape index (κ1) is 20.5. The summed E-state index contributed by atoms with van der Waals surface area (Å²) >= 11 is 2.99. The van der Waals surface area contributed by atoms with Crippen LogP contribution in [0.25, 0.3) is 0 Å². The Bertz CT molecular complexity index is 1030. The zero-order valence-electron chi connectivity index (χ0n) is 16.2. The third kappa shape index (κ3) is 4.88. The predicted octanol–water partition coefficient (Wildman–Crippen LogP) is 3.35. The van der Waals surface area contributed by atoms with Crippen LogP contribution in [0.3, 0.4) is 0 Å². The van der Waals surface area contributed by atoms with Crippen LogP contribution in [-0.4, -0.2) is 31.8 Å². The zero-order valence-corrected chi connectivity index (χ0v) is 17.8. The molecule has 2 N–H and O–H groups in total. The van der Waals surface area contributed by atoms with Gasteiger partial charge in [0.15, 0.2) is 5.16 Å². The Hall–Kier alpha value is -2.72. The number of hydrazine groups is 1. The van der Waals surface area contributed by atoms with Crippen molar-refractivity contribution in [3.8, 4) is 0 Å². The minimum atomic E-state index is -0.514. The van der Waals surface area contributed by atoms with Gasteiger partial charge in [0.2, 0.25) is 0 Å². The maximum Gasteiger partial charge on any atom is 0.269 e. The van der Waals surface area contributed by atoms with Gasteiger partial charge in [0.05, 0.1) is 5.25 Å². The molecule has 30 heavy (non-hydrogen) atoms. The summed E-state index contributed by atoms with van der Waals surface area (Å²) in [6.07, 6.45) is 2.88. The number of thiophene rings is 1. The van der Waals surface area contributed by atoms with Crippen LogP contribution < -0.4 is 10.9 Å². The molecule has 0 spiro atoms. The summed E-state index contributed by atoms with van der Waals surface area (Å²) in [6, 6.07) is 9.54. The van der Waals surface area contributed by atoms with E-state index in [-0.39, 0.29) is 11.5 Å². The average molecular weight is 446 g/mol. The number of benzene rings is 1. The summed E-state index contributed by atoms with van der Waals surface area (Å²) in [4.78, 5) is 25.7. The highest BCUT2D eigenvalue weighted by Gasteiger charge is 2.31. The fraction of sp³-hybridized carbons (Fsp3) is 0.300. The highest BCUT2D eigenvalue weighted by molar-refractivity contribution is 8.00. The number of halogens is 1. The van der Waals surface area contributed by atoms with Gasteiger partial charge in [0.25, 0.3) is 11.8 Å². The van der Waals surface area contributed by atoms with E-state index < -0.39 is 17.0 Å². The van der Waals surface area contributed by atoms with Crippen LogP contribution in [-0.2, 0) is 11.2 Å². The van der Waals surface area contributed by atoms with Crippen molar-refractivity contribution in [2.75, 3.05) is 0 Å². The summed E-state index contributed by atoms with van der Waals surface area (Å²) in [7, 11) is 0. The summed E-state index contributed by atoms with van der Waals surface area (Å²) in [6.45, 7) is 1.74. The third-order valence-corrected chi connectivity index (χ3v) is 6.55. The predicted molar refractivity (Wildman–Crippen MR) is 113 cm³/mol. The molecule has 0 unspecified atom stereocenters. The van der Waals surface area contributed by atoms with E-state index >= 15 is 0 Å². The van der Waals surface area contributed by atoms with E-state index in [1.165, 1.54) is 40.9 Å². The number of thioether (sulfide) groups is 1. The van der Waals surface area contributed by atoms with Crippen LogP contribution in [0.5, 0.6) is 0 Å². The summed E-state index contributed by atoms with van der Waals surface area (Å²) in [5.41, 5.74) is 5.02. The van der Waals surface area contributed by atoms with Gasteiger partial charge in [0.1, 0.15) is 11.6 Å². The molecule has 1 aliphatic rings. The Morgan fingerprint density at radius 2 is 2.00 bits per heavy atom. The van der Waals surface area contributed by atoms with E-state index in [0.717, 1.165) is 25.1 Å². The first-order chi connectivity index (χ1) is 14.5. The molecule has 1 atom stereocenters. The van der Waals surface area contributed by atoms with Gasteiger partial charge in [0, 0.05) is 22.9 Å². The van der Waals surface area contributed by atoms with Crippen molar-refractivity contribution in [2.45, 2.75) is 42.6 Å². The zero-order chi connectivity index (χ0) is 21.1. The molecule has 1 aromatic carbocycles. The third-order valence-electron chi connectivity index (χ3n) is 4.62. The van der Waals surface area contributed by atoms with E-state index in [2.05, 4.69) is 31.7 Å². The fourth-order valence-electron chi connectivity index (χ4n) is 2.88. The highest BCUT2D eigenvalue weighted by Crippen LogP contribution is 2.40. The normalized spacial score (nSPS) is 14.3. The number of hydrogen-bond donors (Lipinski definition) is 2. The van der Waals surface area contributed by atoms with E-state index in [0.29, 0.717) is 11.2 Å². The number of aromatic nitrogens is 3. The first-order valence-electron chi connectivity index (χ1n) is 9.50. The molecule has 0 saturated heterocycles. The molecule has 2 aromatic heterocycles. The topological polar surface area (TPSA) is 88.9 Å². The van der Waals surface area contributed by atoms with E-state index in [4.69, 9.17) is 0 Å². The van der Waals surface area contributed by atoms with E-state index in [1.54, 1.807) is 18.3 Å². The van der Waals surface area contributed by atoms with Gasteiger partial charge in [-0.2, -0.15) is 0 Å². The Morgan fingerprint density at radius 1 is 1.23 bits per heavy atom. The number of carbonyl (C=O) groups is 2. The van der Waals surface area contributed by atoms with Crippen molar-refractivity contribution >= 4 is 34.9 Å². The minimum absolute atomic E-state index is 0.253. The van der Waals surface area contributed by atoms with Gasteiger partial charge >= 0.3 is 0 Å². The van der Waals surface area contributed by atoms with Gasteiger partial charge < -0.3 is 4.57 Å².